The normalized spacial score (nSPS) is 34.5. The number of ether oxygens (including phenoxy) is 2. The summed E-state index contributed by atoms with van der Waals surface area (Å²) in [5.41, 5.74) is 2.84. The van der Waals surface area contributed by atoms with Gasteiger partial charge in [-0.2, -0.15) is 0 Å². The number of aliphatic hydroxyl groups excluding tert-OH is 1. The van der Waals surface area contributed by atoms with Crippen molar-refractivity contribution in [1.82, 2.24) is 0 Å². The van der Waals surface area contributed by atoms with E-state index in [1.165, 1.54) is 11.1 Å². The topological polar surface area (TPSA) is 38.7 Å². The van der Waals surface area contributed by atoms with Crippen LogP contribution in [-0.4, -0.2) is 30.7 Å². The van der Waals surface area contributed by atoms with Crippen LogP contribution >= 0.6 is 0 Å². The van der Waals surface area contributed by atoms with Crippen molar-refractivity contribution in [1.29, 1.82) is 0 Å². The van der Waals surface area contributed by atoms with Gasteiger partial charge in [0, 0.05) is 12.5 Å². The predicted molar refractivity (Wildman–Crippen MR) is 62.0 cm³/mol. The smallest absolute Gasteiger partial charge is 0.169 e. The minimum atomic E-state index is -0.491. The fourth-order valence-electron chi connectivity index (χ4n) is 2.93. The van der Waals surface area contributed by atoms with Gasteiger partial charge < -0.3 is 14.6 Å². The van der Waals surface area contributed by atoms with E-state index in [0.29, 0.717) is 13.2 Å². The minimum absolute atomic E-state index is 0.220. The Kier molecular flexibility index (Phi) is 3.38. The van der Waals surface area contributed by atoms with Crippen molar-refractivity contribution in [2.24, 2.45) is 11.8 Å². The van der Waals surface area contributed by atoms with Crippen LogP contribution in [0.1, 0.15) is 33.6 Å². The fraction of sp³-hybridized carbons (Fsp3) is 0.846. The van der Waals surface area contributed by atoms with Crippen molar-refractivity contribution < 1.29 is 14.6 Å². The van der Waals surface area contributed by atoms with Gasteiger partial charge in [-0.25, -0.2) is 0 Å². The first-order valence-electron chi connectivity index (χ1n) is 6.11. The van der Waals surface area contributed by atoms with E-state index in [2.05, 4.69) is 13.8 Å². The molecular weight excluding hydrogens is 204 g/mol. The third-order valence-electron chi connectivity index (χ3n) is 4.16. The van der Waals surface area contributed by atoms with E-state index in [1.54, 1.807) is 0 Å². The summed E-state index contributed by atoms with van der Waals surface area (Å²) in [7, 11) is 0. The van der Waals surface area contributed by atoms with Crippen LogP contribution in [0.15, 0.2) is 11.1 Å². The van der Waals surface area contributed by atoms with Crippen molar-refractivity contribution >= 4 is 0 Å². The lowest BCUT2D eigenvalue weighted by atomic mass is 9.73. The van der Waals surface area contributed by atoms with Crippen LogP contribution in [0.5, 0.6) is 0 Å². The molecule has 1 fully saturated rings. The van der Waals surface area contributed by atoms with Gasteiger partial charge in [0.2, 0.25) is 0 Å². The third kappa shape index (κ3) is 2.04. The molecule has 1 heterocycles. The summed E-state index contributed by atoms with van der Waals surface area (Å²) < 4.78 is 11.5. The van der Waals surface area contributed by atoms with Crippen LogP contribution < -0.4 is 0 Å². The lowest BCUT2D eigenvalue weighted by Crippen LogP contribution is -2.43. The summed E-state index contributed by atoms with van der Waals surface area (Å²) in [6.07, 6.45) is 1.95. The maximum atomic E-state index is 9.51. The molecule has 92 valence electrons. The van der Waals surface area contributed by atoms with Crippen LogP contribution in [0.2, 0.25) is 0 Å². The summed E-state index contributed by atoms with van der Waals surface area (Å²) in [5.74, 6) is 0.0607. The number of hydrogen-bond acceptors (Lipinski definition) is 3. The van der Waals surface area contributed by atoms with Gasteiger partial charge in [-0.05, 0) is 39.5 Å². The van der Waals surface area contributed by atoms with E-state index in [1.807, 2.05) is 6.92 Å². The molecule has 1 saturated heterocycles. The van der Waals surface area contributed by atoms with Gasteiger partial charge in [0.25, 0.3) is 0 Å². The second-order valence-electron chi connectivity index (χ2n) is 5.23. The highest BCUT2D eigenvalue weighted by molar-refractivity contribution is 5.16. The fourth-order valence-corrected chi connectivity index (χ4v) is 2.93. The van der Waals surface area contributed by atoms with Crippen molar-refractivity contribution in [3.05, 3.63) is 11.1 Å². The highest BCUT2D eigenvalue weighted by Gasteiger charge is 2.45. The van der Waals surface area contributed by atoms with Crippen LogP contribution in [-0.2, 0) is 9.47 Å². The minimum Gasteiger partial charge on any atom is -0.396 e. The molecule has 0 radical (unpaired) electrons. The number of aliphatic hydroxyl groups is 1. The molecule has 16 heavy (non-hydrogen) atoms. The van der Waals surface area contributed by atoms with Gasteiger partial charge in [-0.3, -0.25) is 0 Å². The lowest BCUT2D eigenvalue weighted by molar-refractivity contribution is -0.198. The molecule has 3 heteroatoms. The zero-order valence-corrected chi connectivity index (χ0v) is 10.5. The van der Waals surface area contributed by atoms with Crippen LogP contribution in [0.25, 0.3) is 0 Å². The molecule has 0 aromatic carbocycles. The zero-order chi connectivity index (χ0) is 11.8. The summed E-state index contributed by atoms with van der Waals surface area (Å²) in [4.78, 5) is 0. The molecule has 0 saturated carbocycles. The average molecular weight is 226 g/mol. The molecule has 3 nitrogen and oxygen atoms in total. The first-order valence-corrected chi connectivity index (χ1v) is 6.11. The Bertz CT molecular complexity index is 290. The van der Waals surface area contributed by atoms with Gasteiger partial charge in [-0.15, -0.1) is 0 Å². The Morgan fingerprint density at radius 3 is 2.31 bits per heavy atom. The summed E-state index contributed by atoms with van der Waals surface area (Å²) in [6.45, 7) is 7.92. The molecule has 0 bridgehead atoms. The lowest BCUT2D eigenvalue weighted by Gasteiger charge is -2.40. The Hall–Kier alpha value is -0.380. The van der Waals surface area contributed by atoms with E-state index in [0.717, 1.165) is 12.8 Å². The van der Waals surface area contributed by atoms with E-state index < -0.39 is 5.79 Å². The van der Waals surface area contributed by atoms with Crippen molar-refractivity contribution in [2.75, 3.05) is 19.8 Å². The molecule has 2 aliphatic rings. The van der Waals surface area contributed by atoms with E-state index in [9.17, 15) is 5.11 Å². The second-order valence-corrected chi connectivity index (χ2v) is 5.23. The maximum absolute atomic E-state index is 9.51. The Balaban J connectivity index is 2.19. The largest absolute Gasteiger partial charge is 0.396 e. The molecule has 0 spiro atoms. The zero-order valence-electron chi connectivity index (χ0n) is 10.5. The highest BCUT2D eigenvalue weighted by atomic mass is 16.7. The standard InChI is InChI=1S/C13H22O3/c1-9-6-11(8-14)12(7-10(9)2)13(3)15-4-5-16-13/h11-12,14H,4-8H2,1-3H3/t11-,12+/m0/s1. The first kappa shape index (κ1) is 12.1. The molecular formula is C13H22O3. The Morgan fingerprint density at radius 1 is 1.19 bits per heavy atom. The van der Waals surface area contributed by atoms with E-state index in [4.69, 9.17) is 9.47 Å². The van der Waals surface area contributed by atoms with Gasteiger partial charge in [0.05, 0.1) is 13.2 Å². The molecule has 1 aliphatic heterocycles. The molecule has 1 N–H and O–H groups in total. The van der Waals surface area contributed by atoms with Crippen LogP contribution in [0.4, 0.5) is 0 Å². The molecule has 2 rings (SSSR count). The van der Waals surface area contributed by atoms with Crippen molar-refractivity contribution in [3.63, 3.8) is 0 Å². The molecule has 0 aromatic rings. The molecule has 0 aromatic heterocycles. The number of rotatable bonds is 2. The maximum Gasteiger partial charge on any atom is 0.169 e. The Labute approximate surface area is 97.4 Å². The Morgan fingerprint density at radius 2 is 1.75 bits per heavy atom. The second kappa shape index (κ2) is 4.47. The van der Waals surface area contributed by atoms with Gasteiger partial charge in [0.1, 0.15) is 0 Å². The summed E-state index contributed by atoms with van der Waals surface area (Å²) >= 11 is 0. The van der Waals surface area contributed by atoms with Crippen molar-refractivity contribution in [2.45, 2.75) is 39.4 Å². The predicted octanol–water partition coefficient (Wildman–Crippen LogP) is 2.10. The van der Waals surface area contributed by atoms with Gasteiger partial charge in [0.15, 0.2) is 5.79 Å². The van der Waals surface area contributed by atoms with Gasteiger partial charge >= 0.3 is 0 Å². The van der Waals surface area contributed by atoms with Crippen LogP contribution in [0.3, 0.4) is 0 Å². The van der Waals surface area contributed by atoms with Crippen molar-refractivity contribution in [3.8, 4) is 0 Å². The number of hydrogen-bond donors (Lipinski definition) is 1. The van der Waals surface area contributed by atoms with Crippen LogP contribution in [0, 0.1) is 11.8 Å². The third-order valence-corrected chi connectivity index (χ3v) is 4.16. The monoisotopic (exact) mass is 226 g/mol. The number of allylic oxidation sites excluding steroid dienone is 2. The summed E-state index contributed by atoms with van der Waals surface area (Å²) in [5, 5.41) is 9.51. The average Bonchev–Trinajstić information content (AvgIpc) is 2.69. The van der Waals surface area contributed by atoms with Gasteiger partial charge in [-0.1, -0.05) is 11.1 Å². The van der Waals surface area contributed by atoms with E-state index in [-0.39, 0.29) is 18.4 Å². The summed E-state index contributed by atoms with van der Waals surface area (Å²) in [6, 6.07) is 0. The SMILES string of the molecule is CC1=C(C)C[C@@H](C2(C)OCCO2)[C@H](CO)C1. The molecule has 0 amide bonds. The molecule has 0 unspecified atom stereocenters. The highest BCUT2D eigenvalue weighted by Crippen LogP contribution is 2.43. The van der Waals surface area contributed by atoms with E-state index >= 15 is 0 Å². The molecule has 2 atom stereocenters. The first-order chi connectivity index (χ1) is 7.57. The molecule has 1 aliphatic carbocycles. The quantitative estimate of drug-likeness (QED) is 0.733.